The largest absolute Gasteiger partial charge is 0.494 e. The van der Waals surface area contributed by atoms with Crippen LogP contribution in [0.5, 0.6) is 5.75 Å². The van der Waals surface area contributed by atoms with Crippen molar-refractivity contribution in [2.75, 3.05) is 6.61 Å². The Morgan fingerprint density at radius 3 is 2.36 bits per heavy atom. The molecule has 25 heavy (non-hydrogen) atoms. The lowest BCUT2D eigenvalue weighted by Gasteiger charge is -2.10. The van der Waals surface area contributed by atoms with Gasteiger partial charge in [-0.15, -0.1) is 0 Å². The van der Waals surface area contributed by atoms with Gasteiger partial charge in [0.2, 0.25) is 0 Å². The zero-order valence-electron chi connectivity index (χ0n) is 13.7. The van der Waals surface area contributed by atoms with Crippen LogP contribution in [0.25, 0.3) is 5.69 Å². The maximum absolute atomic E-state index is 13.7. The minimum atomic E-state index is -0.709. The second kappa shape index (κ2) is 7.17. The van der Waals surface area contributed by atoms with Gasteiger partial charge >= 0.3 is 11.1 Å². The van der Waals surface area contributed by atoms with Gasteiger partial charge in [0.15, 0.2) is 0 Å². The van der Waals surface area contributed by atoms with E-state index in [-0.39, 0.29) is 6.54 Å². The van der Waals surface area contributed by atoms with Gasteiger partial charge < -0.3 is 9.30 Å². The number of rotatable bonds is 5. The van der Waals surface area contributed by atoms with Gasteiger partial charge in [-0.3, -0.25) is 14.2 Å². The molecule has 5 nitrogen and oxygen atoms in total. The number of halogens is 1. The highest BCUT2D eigenvalue weighted by Gasteiger charge is 2.09. The third-order valence-corrected chi connectivity index (χ3v) is 3.78. The molecule has 0 bridgehead atoms. The van der Waals surface area contributed by atoms with Crippen LogP contribution in [-0.2, 0) is 6.54 Å². The van der Waals surface area contributed by atoms with Gasteiger partial charge in [-0.2, -0.15) is 0 Å². The highest BCUT2D eigenvalue weighted by Crippen LogP contribution is 2.14. The molecule has 0 aliphatic heterocycles. The van der Waals surface area contributed by atoms with Gasteiger partial charge in [0, 0.05) is 23.6 Å². The first-order chi connectivity index (χ1) is 12.1. The summed E-state index contributed by atoms with van der Waals surface area (Å²) in [6, 6.07) is 13.0. The molecular weight excluding hydrogens is 323 g/mol. The van der Waals surface area contributed by atoms with Crippen molar-refractivity contribution in [1.29, 1.82) is 0 Å². The fraction of sp³-hybridized carbons (Fsp3) is 0.158. The van der Waals surface area contributed by atoms with E-state index in [1.165, 1.54) is 27.6 Å². The van der Waals surface area contributed by atoms with E-state index in [4.69, 9.17) is 4.74 Å². The molecule has 0 N–H and O–H groups in total. The van der Waals surface area contributed by atoms with Crippen LogP contribution >= 0.6 is 0 Å². The van der Waals surface area contributed by atoms with E-state index >= 15 is 0 Å². The summed E-state index contributed by atoms with van der Waals surface area (Å²) in [6.07, 6.45) is 2.98. The number of benzene rings is 2. The minimum Gasteiger partial charge on any atom is -0.494 e. The van der Waals surface area contributed by atoms with Crippen molar-refractivity contribution in [2.45, 2.75) is 13.5 Å². The Balaban J connectivity index is 1.94. The summed E-state index contributed by atoms with van der Waals surface area (Å²) in [5.41, 5.74) is -0.492. The molecule has 6 heteroatoms. The van der Waals surface area contributed by atoms with E-state index in [9.17, 15) is 14.0 Å². The first kappa shape index (κ1) is 16.7. The Labute approximate surface area is 143 Å². The lowest BCUT2D eigenvalue weighted by molar-refractivity contribution is 0.340. The van der Waals surface area contributed by atoms with Crippen molar-refractivity contribution < 1.29 is 9.13 Å². The highest BCUT2D eigenvalue weighted by atomic mass is 19.1. The molecule has 128 valence electrons. The molecule has 2 aromatic carbocycles. The first-order valence-corrected chi connectivity index (χ1v) is 7.89. The quantitative estimate of drug-likeness (QED) is 0.671. The standard InChI is InChI=1S/C19H17FN2O3/c1-2-25-16-9-7-15(8-10-16)22-12-11-21(18(23)19(22)24)13-14-5-3-4-6-17(14)20/h3-12H,2,13H2,1H3. The molecule has 3 aromatic rings. The van der Waals surface area contributed by atoms with Crippen LogP contribution in [0, 0.1) is 5.82 Å². The maximum atomic E-state index is 13.7. The molecule has 0 amide bonds. The van der Waals surface area contributed by atoms with Gasteiger partial charge in [0.25, 0.3) is 0 Å². The third-order valence-electron chi connectivity index (χ3n) is 3.78. The number of hydrogen-bond donors (Lipinski definition) is 0. The van der Waals surface area contributed by atoms with Crippen LogP contribution in [-0.4, -0.2) is 15.7 Å². The molecule has 3 rings (SSSR count). The average molecular weight is 340 g/mol. The molecule has 0 spiro atoms. The summed E-state index contributed by atoms with van der Waals surface area (Å²) in [5, 5.41) is 0. The van der Waals surface area contributed by atoms with Crippen molar-refractivity contribution in [3.8, 4) is 11.4 Å². The molecule has 1 aromatic heterocycles. The molecule has 0 aliphatic carbocycles. The monoisotopic (exact) mass is 340 g/mol. The van der Waals surface area contributed by atoms with Crippen LogP contribution in [0.4, 0.5) is 4.39 Å². The Morgan fingerprint density at radius 2 is 1.68 bits per heavy atom. The Hall–Kier alpha value is -3.15. The van der Waals surface area contributed by atoms with Crippen molar-refractivity contribution in [3.05, 3.63) is 93.0 Å². The van der Waals surface area contributed by atoms with Crippen molar-refractivity contribution in [1.82, 2.24) is 9.13 Å². The number of ether oxygens (including phenoxy) is 1. The van der Waals surface area contributed by atoms with Gasteiger partial charge in [0.05, 0.1) is 13.2 Å². The molecule has 1 heterocycles. The topological polar surface area (TPSA) is 53.2 Å². The van der Waals surface area contributed by atoms with Gasteiger partial charge in [-0.05, 0) is 37.3 Å². The predicted octanol–water partition coefficient (Wildman–Crippen LogP) is 2.59. The van der Waals surface area contributed by atoms with Crippen LogP contribution in [0.2, 0.25) is 0 Å². The number of nitrogens with zero attached hydrogens (tertiary/aromatic N) is 2. The van der Waals surface area contributed by atoms with E-state index in [1.807, 2.05) is 6.92 Å². The SMILES string of the molecule is CCOc1ccc(-n2ccn(Cc3ccccc3F)c(=O)c2=O)cc1. The predicted molar refractivity (Wildman–Crippen MR) is 93.0 cm³/mol. The lowest BCUT2D eigenvalue weighted by atomic mass is 10.2. The smallest absolute Gasteiger partial charge is 0.320 e. The zero-order chi connectivity index (χ0) is 17.8. The first-order valence-electron chi connectivity index (χ1n) is 7.89. The van der Waals surface area contributed by atoms with Crippen LogP contribution in [0.1, 0.15) is 12.5 Å². The molecular formula is C19H17FN2O3. The minimum absolute atomic E-state index is 0.00483. The molecule has 0 radical (unpaired) electrons. The zero-order valence-corrected chi connectivity index (χ0v) is 13.7. The summed E-state index contributed by atoms with van der Waals surface area (Å²) >= 11 is 0. The number of hydrogen-bond acceptors (Lipinski definition) is 3. The second-order valence-corrected chi connectivity index (χ2v) is 5.42. The van der Waals surface area contributed by atoms with E-state index in [1.54, 1.807) is 42.5 Å². The van der Waals surface area contributed by atoms with E-state index < -0.39 is 16.9 Å². The van der Waals surface area contributed by atoms with Crippen molar-refractivity contribution >= 4 is 0 Å². The van der Waals surface area contributed by atoms with Gasteiger partial charge in [0.1, 0.15) is 11.6 Å². The van der Waals surface area contributed by atoms with E-state index in [0.29, 0.717) is 23.6 Å². The molecule has 0 fully saturated rings. The normalized spacial score (nSPS) is 10.6. The lowest BCUT2D eigenvalue weighted by Crippen LogP contribution is -2.40. The average Bonchev–Trinajstić information content (AvgIpc) is 2.62. The summed E-state index contributed by atoms with van der Waals surface area (Å²) in [6.45, 7) is 2.43. The van der Waals surface area contributed by atoms with Crippen molar-refractivity contribution in [3.63, 3.8) is 0 Å². The van der Waals surface area contributed by atoms with Gasteiger partial charge in [-0.1, -0.05) is 18.2 Å². The molecule has 0 saturated heterocycles. The molecule has 0 aliphatic rings. The summed E-state index contributed by atoms with van der Waals surface area (Å²) in [4.78, 5) is 24.7. The Bertz CT molecular complexity index is 991. The summed E-state index contributed by atoms with van der Waals surface area (Å²) in [7, 11) is 0. The Kier molecular flexibility index (Phi) is 4.79. The fourth-order valence-electron chi connectivity index (χ4n) is 2.52. The third kappa shape index (κ3) is 3.52. The summed E-state index contributed by atoms with van der Waals surface area (Å²) in [5.74, 6) is 0.275. The van der Waals surface area contributed by atoms with Crippen molar-refractivity contribution in [2.24, 2.45) is 0 Å². The van der Waals surface area contributed by atoms with Crippen LogP contribution in [0.3, 0.4) is 0 Å². The molecule has 0 unspecified atom stereocenters. The second-order valence-electron chi connectivity index (χ2n) is 5.42. The summed E-state index contributed by atoms with van der Waals surface area (Å²) < 4.78 is 21.6. The fourth-order valence-corrected chi connectivity index (χ4v) is 2.52. The maximum Gasteiger partial charge on any atom is 0.320 e. The Morgan fingerprint density at radius 1 is 0.960 bits per heavy atom. The molecule has 0 saturated carbocycles. The number of aromatic nitrogens is 2. The van der Waals surface area contributed by atoms with Gasteiger partial charge in [-0.25, -0.2) is 4.39 Å². The highest BCUT2D eigenvalue weighted by molar-refractivity contribution is 5.37. The van der Waals surface area contributed by atoms with E-state index in [0.717, 1.165) is 0 Å². The van der Waals surface area contributed by atoms with Crippen LogP contribution < -0.4 is 15.9 Å². The van der Waals surface area contributed by atoms with Crippen LogP contribution in [0.15, 0.2) is 70.5 Å². The van der Waals surface area contributed by atoms with E-state index in [2.05, 4.69) is 0 Å². The molecule has 0 atom stereocenters.